The molecular formula is C18H16IN5OS2. The van der Waals surface area contributed by atoms with E-state index < -0.39 is 0 Å². The van der Waals surface area contributed by atoms with Gasteiger partial charge in [0.2, 0.25) is 5.16 Å². The molecule has 3 aromatic rings. The quantitative estimate of drug-likeness (QED) is 0.310. The maximum absolute atomic E-state index is 12.3. The number of benzene rings is 2. The average Bonchev–Trinajstić information content (AvgIpc) is 3.01. The van der Waals surface area contributed by atoms with Crippen molar-refractivity contribution in [3.8, 4) is 0 Å². The smallest absolute Gasteiger partial charge is 0.257 e. The Labute approximate surface area is 180 Å². The van der Waals surface area contributed by atoms with Gasteiger partial charge in [-0.1, -0.05) is 42.1 Å². The largest absolute Gasteiger partial charge is 0.298 e. The second kappa shape index (κ2) is 9.29. The lowest BCUT2D eigenvalue weighted by molar-refractivity contribution is 0.0977. The number of nitrogens with zero attached hydrogens (tertiary/aromatic N) is 3. The van der Waals surface area contributed by atoms with E-state index in [1.54, 1.807) is 16.8 Å². The summed E-state index contributed by atoms with van der Waals surface area (Å²) in [6.07, 6.45) is 0. The van der Waals surface area contributed by atoms with Crippen LogP contribution < -0.4 is 10.7 Å². The Bertz CT molecular complexity index is 944. The van der Waals surface area contributed by atoms with E-state index >= 15 is 0 Å². The number of carbonyl (C=O) groups excluding carboxylic acids is 1. The van der Waals surface area contributed by atoms with Crippen LogP contribution in [0.15, 0.2) is 59.8 Å². The zero-order chi connectivity index (χ0) is 19.2. The van der Waals surface area contributed by atoms with Crippen LogP contribution in [0.5, 0.6) is 0 Å². The van der Waals surface area contributed by atoms with Gasteiger partial charge in [0, 0.05) is 14.9 Å². The number of halogens is 1. The molecule has 0 fully saturated rings. The predicted octanol–water partition coefficient (Wildman–Crippen LogP) is 3.74. The van der Waals surface area contributed by atoms with Crippen LogP contribution in [-0.4, -0.2) is 25.9 Å². The van der Waals surface area contributed by atoms with Gasteiger partial charge in [-0.15, -0.1) is 10.2 Å². The summed E-state index contributed by atoms with van der Waals surface area (Å²) < 4.78 is 2.73. The number of amides is 1. The summed E-state index contributed by atoms with van der Waals surface area (Å²) in [7, 11) is 0. The normalized spacial score (nSPS) is 10.4. The van der Waals surface area contributed by atoms with Gasteiger partial charge < -0.3 is 0 Å². The van der Waals surface area contributed by atoms with Crippen molar-refractivity contribution in [1.82, 2.24) is 20.2 Å². The highest BCUT2D eigenvalue weighted by atomic mass is 127. The second-order valence-corrected chi connectivity index (χ2v) is 8.14. The number of hydrogen-bond acceptors (Lipinski definition) is 5. The van der Waals surface area contributed by atoms with Gasteiger partial charge in [-0.3, -0.25) is 15.5 Å². The van der Waals surface area contributed by atoms with Crippen molar-refractivity contribution >= 4 is 57.6 Å². The molecule has 0 radical (unpaired) electrons. The minimum atomic E-state index is -0.270. The topological polar surface area (TPSA) is 71.8 Å². The number of nitrogens with one attached hydrogen (secondary N) is 2. The van der Waals surface area contributed by atoms with Crippen molar-refractivity contribution in [2.75, 3.05) is 5.43 Å². The van der Waals surface area contributed by atoms with Crippen LogP contribution in [0.4, 0.5) is 0 Å². The molecule has 9 heteroatoms. The van der Waals surface area contributed by atoms with Crippen molar-refractivity contribution in [2.24, 2.45) is 0 Å². The second-order valence-electron chi connectivity index (χ2n) is 5.54. The molecule has 1 amide bonds. The van der Waals surface area contributed by atoms with E-state index in [9.17, 15) is 4.79 Å². The lowest BCUT2D eigenvalue weighted by atomic mass is 10.2. The maximum Gasteiger partial charge on any atom is 0.257 e. The predicted molar refractivity (Wildman–Crippen MR) is 119 cm³/mol. The Morgan fingerprint density at radius 3 is 2.56 bits per heavy atom. The van der Waals surface area contributed by atoms with E-state index in [0.717, 1.165) is 9.32 Å². The molecule has 1 aromatic heterocycles. The highest BCUT2D eigenvalue weighted by Gasteiger charge is 2.13. The summed E-state index contributed by atoms with van der Waals surface area (Å²) >= 11 is 8.99. The van der Waals surface area contributed by atoms with E-state index in [4.69, 9.17) is 12.2 Å². The SMILES string of the molecule is Cc1nnc(SCc2ccccc2)n1NC(=S)NC(=O)c1ccc(I)cc1. The van der Waals surface area contributed by atoms with E-state index in [1.807, 2.05) is 37.3 Å². The van der Waals surface area contributed by atoms with Crippen LogP contribution in [0.1, 0.15) is 21.7 Å². The molecule has 0 aliphatic heterocycles. The molecule has 0 saturated heterocycles. The number of thiocarbonyl (C=S) groups is 1. The zero-order valence-corrected chi connectivity index (χ0v) is 18.1. The molecule has 6 nitrogen and oxygen atoms in total. The average molecular weight is 509 g/mol. The standard InChI is InChI=1S/C18H16IN5OS2/c1-12-21-22-18(27-11-13-5-3-2-4-6-13)24(12)23-17(26)20-16(25)14-7-9-15(19)10-8-14/h2-10H,11H2,1H3,(H2,20,23,25,26). The summed E-state index contributed by atoms with van der Waals surface area (Å²) in [5, 5.41) is 11.8. The monoisotopic (exact) mass is 509 g/mol. The summed E-state index contributed by atoms with van der Waals surface area (Å²) in [6.45, 7) is 1.82. The third-order valence-electron chi connectivity index (χ3n) is 3.55. The van der Waals surface area contributed by atoms with Crippen LogP contribution in [0.2, 0.25) is 0 Å². The maximum atomic E-state index is 12.3. The Morgan fingerprint density at radius 2 is 1.85 bits per heavy atom. The molecule has 2 aromatic carbocycles. The number of thioether (sulfide) groups is 1. The zero-order valence-electron chi connectivity index (χ0n) is 14.3. The van der Waals surface area contributed by atoms with Gasteiger partial charge in [-0.25, -0.2) is 4.68 Å². The number of aromatic nitrogens is 3. The van der Waals surface area contributed by atoms with Gasteiger partial charge in [0.15, 0.2) is 5.11 Å². The fourth-order valence-corrected chi connectivity index (χ4v) is 3.63. The summed E-state index contributed by atoms with van der Waals surface area (Å²) in [5.41, 5.74) is 4.70. The van der Waals surface area contributed by atoms with Gasteiger partial charge in [0.1, 0.15) is 5.82 Å². The van der Waals surface area contributed by atoms with Crippen molar-refractivity contribution in [1.29, 1.82) is 0 Å². The molecule has 2 N–H and O–H groups in total. The Balaban J connectivity index is 1.62. The van der Waals surface area contributed by atoms with Crippen LogP contribution in [0.3, 0.4) is 0 Å². The van der Waals surface area contributed by atoms with Gasteiger partial charge >= 0.3 is 0 Å². The van der Waals surface area contributed by atoms with E-state index in [1.165, 1.54) is 17.3 Å². The molecule has 1 heterocycles. The minimum absolute atomic E-state index is 0.183. The highest BCUT2D eigenvalue weighted by Crippen LogP contribution is 2.20. The molecule has 138 valence electrons. The van der Waals surface area contributed by atoms with Crippen molar-refractivity contribution in [3.63, 3.8) is 0 Å². The van der Waals surface area contributed by atoms with Crippen molar-refractivity contribution in [2.45, 2.75) is 17.8 Å². The molecule has 27 heavy (non-hydrogen) atoms. The fourth-order valence-electron chi connectivity index (χ4n) is 2.19. The van der Waals surface area contributed by atoms with E-state index in [-0.39, 0.29) is 11.0 Å². The molecule has 0 atom stereocenters. The number of hydrogen-bond donors (Lipinski definition) is 2. The van der Waals surface area contributed by atoms with Gasteiger partial charge in [0.25, 0.3) is 5.91 Å². The van der Waals surface area contributed by atoms with Gasteiger partial charge in [0.05, 0.1) is 0 Å². The molecule has 0 spiro atoms. The summed E-state index contributed by atoms with van der Waals surface area (Å²) in [6, 6.07) is 17.3. The number of rotatable bonds is 5. The van der Waals surface area contributed by atoms with Crippen LogP contribution in [0, 0.1) is 10.5 Å². The molecule has 0 saturated carbocycles. The Hall–Kier alpha value is -1.98. The first-order valence-electron chi connectivity index (χ1n) is 7.99. The molecule has 0 aliphatic rings. The van der Waals surface area contributed by atoms with Gasteiger partial charge in [-0.2, -0.15) is 0 Å². The van der Waals surface area contributed by atoms with E-state index in [2.05, 4.69) is 55.7 Å². The minimum Gasteiger partial charge on any atom is -0.298 e. The van der Waals surface area contributed by atoms with Crippen molar-refractivity contribution in [3.05, 3.63) is 75.1 Å². The van der Waals surface area contributed by atoms with Gasteiger partial charge in [-0.05, 0) is 71.6 Å². The molecule has 3 rings (SSSR count). The summed E-state index contributed by atoms with van der Waals surface area (Å²) in [5.74, 6) is 1.13. The lowest BCUT2D eigenvalue weighted by Gasteiger charge is -2.13. The first kappa shape index (κ1) is 19.8. The Morgan fingerprint density at radius 1 is 1.15 bits per heavy atom. The third-order valence-corrected chi connectivity index (χ3v) is 5.47. The van der Waals surface area contributed by atoms with Crippen LogP contribution in [-0.2, 0) is 5.75 Å². The highest BCUT2D eigenvalue weighted by molar-refractivity contribution is 14.1. The summed E-state index contributed by atoms with van der Waals surface area (Å²) in [4.78, 5) is 12.3. The number of aryl methyl sites for hydroxylation is 1. The molecule has 0 unspecified atom stereocenters. The van der Waals surface area contributed by atoms with E-state index in [0.29, 0.717) is 16.5 Å². The third kappa shape index (κ3) is 5.50. The molecule has 0 bridgehead atoms. The fraction of sp³-hybridized carbons (Fsp3) is 0.111. The first-order valence-corrected chi connectivity index (χ1v) is 10.5. The number of carbonyl (C=O) groups is 1. The van der Waals surface area contributed by atoms with Crippen LogP contribution in [0.25, 0.3) is 0 Å². The van der Waals surface area contributed by atoms with Crippen molar-refractivity contribution < 1.29 is 4.79 Å². The molecular weight excluding hydrogens is 493 g/mol. The first-order chi connectivity index (χ1) is 13.0. The molecule has 0 aliphatic carbocycles. The van der Waals surface area contributed by atoms with Crippen LogP contribution >= 0.6 is 46.6 Å². The Kier molecular flexibility index (Phi) is 6.80. The lowest BCUT2D eigenvalue weighted by Crippen LogP contribution is -2.38.